The Balaban J connectivity index is 0.00000392. The zero-order chi connectivity index (χ0) is 20.0. The summed E-state index contributed by atoms with van der Waals surface area (Å²) in [7, 11) is 1.92. The predicted octanol–water partition coefficient (Wildman–Crippen LogP) is 2.50. The Morgan fingerprint density at radius 3 is 2.61 bits per heavy atom. The zero-order valence-corrected chi connectivity index (χ0v) is 20.2. The molecular weight excluding hydrogens is 493 g/mol. The number of rotatable bonds is 7. The maximum Gasteiger partial charge on any atom is 0.350 e. The molecule has 2 heterocycles. The van der Waals surface area contributed by atoms with Crippen LogP contribution < -0.4 is 10.6 Å². The van der Waals surface area contributed by atoms with E-state index in [2.05, 4.69) is 30.8 Å². The van der Waals surface area contributed by atoms with Crippen LogP contribution in [0.5, 0.6) is 0 Å². The van der Waals surface area contributed by atoms with Crippen molar-refractivity contribution in [2.75, 3.05) is 13.2 Å². The molecule has 2 aromatic heterocycles. The van der Waals surface area contributed by atoms with E-state index in [9.17, 15) is 4.79 Å². The van der Waals surface area contributed by atoms with Crippen molar-refractivity contribution >= 4 is 47.2 Å². The molecule has 2 rings (SSSR count). The number of ether oxygens (including phenoxy) is 1. The fourth-order valence-corrected chi connectivity index (χ4v) is 3.28. The number of esters is 1. The number of thiazole rings is 1. The van der Waals surface area contributed by atoms with Crippen molar-refractivity contribution in [3.05, 3.63) is 27.2 Å². The summed E-state index contributed by atoms with van der Waals surface area (Å²) in [6.07, 6.45) is 0. The summed E-state index contributed by atoms with van der Waals surface area (Å²) in [4.78, 5) is 21.6. The van der Waals surface area contributed by atoms with Gasteiger partial charge in [0.2, 0.25) is 0 Å². The maximum atomic E-state index is 12.0. The Bertz CT molecular complexity index is 819. The first-order valence-electron chi connectivity index (χ1n) is 8.91. The van der Waals surface area contributed by atoms with E-state index in [1.54, 1.807) is 6.92 Å². The molecule has 0 aliphatic heterocycles. The van der Waals surface area contributed by atoms with Gasteiger partial charge in [-0.05, 0) is 34.6 Å². The van der Waals surface area contributed by atoms with E-state index in [0.717, 1.165) is 23.2 Å². The first-order chi connectivity index (χ1) is 12.9. The van der Waals surface area contributed by atoms with Crippen LogP contribution in [0.15, 0.2) is 4.99 Å². The van der Waals surface area contributed by atoms with E-state index in [1.165, 1.54) is 11.3 Å². The highest BCUT2D eigenvalue weighted by Gasteiger charge is 2.20. The second-order valence-corrected chi connectivity index (χ2v) is 7.00. The second kappa shape index (κ2) is 11.3. The third-order valence-corrected chi connectivity index (χ3v) is 5.22. The van der Waals surface area contributed by atoms with Gasteiger partial charge >= 0.3 is 5.97 Å². The first-order valence-corrected chi connectivity index (χ1v) is 9.73. The second-order valence-electron chi connectivity index (χ2n) is 5.97. The van der Waals surface area contributed by atoms with Crippen molar-refractivity contribution in [3.63, 3.8) is 0 Å². The quantitative estimate of drug-likeness (QED) is 0.250. The summed E-state index contributed by atoms with van der Waals surface area (Å²) in [5, 5.41) is 15.5. The lowest BCUT2D eigenvalue weighted by Gasteiger charge is -2.15. The Labute approximate surface area is 186 Å². The third kappa shape index (κ3) is 6.12. The van der Waals surface area contributed by atoms with Gasteiger partial charge in [0.15, 0.2) is 11.8 Å². The third-order valence-electron chi connectivity index (χ3n) is 3.90. The average Bonchev–Trinajstić information content (AvgIpc) is 3.17. The molecule has 0 fully saturated rings. The van der Waals surface area contributed by atoms with E-state index in [-0.39, 0.29) is 36.0 Å². The van der Waals surface area contributed by atoms with E-state index in [4.69, 9.17) is 4.74 Å². The zero-order valence-electron chi connectivity index (χ0n) is 17.1. The summed E-state index contributed by atoms with van der Waals surface area (Å²) >= 11 is 1.34. The predicted molar refractivity (Wildman–Crippen MR) is 120 cm³/mol. The van der Waals surface area contributed by atoms with E-state index in [1.807, 2.05) is 39.3 Å². The van der Waals surface area contributed by atoms with Crippen LogP contribution in [0.25, 0.3) is 0 Å². The minimum absolute atomic E-state index is 0. The molecule has 0 amide bonds. The molecule has 0 aliphatic rings. The van der Waals surface area contributed by atoms with Crippen LogP contribution in [0.2, 0.25) is 0 Å². The summed E-state index contributed by atoms with van der Waals surface area (Å²) in [5.41, 5.74) is 0.679. The summed E-state index contributed by atoms with van der Waals surface area (Å²) in [5.74, 6) is 1.95. The highest BCUT2D eigenvalue weighted by Crippen LogP contribution is 2.24. The van der Waals surface area contributed by atoms with Crippen molar-refractivity contribution in [1.82, 2.24) is 30.4 Å². The molecule has 2 aromatic rings. The number of guanidine groups is 1. The van der Waals surface area contributed by atoms with Crippen molar-refractivity contribution in [1.29, 1.82) is 0 Å². The number of hydrogen-bond donors (Lipinski definition) is 2. The molecule has 2 N–H and O–H groups in total. The van der Waals surface area contributed by atoms with Crippen LogP contribution in [-0.4, -0.2) is 44.8 Å². The van der Waals surface area contributed by atoms with E-state index in [0.29, 0.717) is 29.7 Å². The Hall–Kier alpha value is -1.76. The van der Waals surface area contributed by atoms with Crippen LogP contribution in [0, 0.1) is 13.8 Å². The van der Waals surface area contributed by atoms with Gasteiger partial charge in [0, 0.05) is 13.6 Å². The van der Waals surface area contributed by atoms with Crippen LogP contribution >= 0.6 is 35.3 Å². The van der Waals surface area contributed by atoms with Crippen molar-refractivity contribution in [3.8, 4) is 0 Å². The van der Waals surface area contributed by atoms with E-state index < -0.39 is 0 Å². The molecule has 28 heavy (non-hydrogen) atoms. The lowest BCUT2D eigenvalue weighted by Crippen LogP contribution is -2.38. The Morgan fingerprint density at radius 1 is 1.32 bits per heavy atom. The van der Waals surface area contributed by atoms with Gasteiger partial charge in [0.1, 0.15) is 22.3 Å². The van der Waals surface area contributed by atoms with Gasteiger partial charge in [-0.1, -0.05) is 0 Å². The van der Waals surface area contributed by atoms with Gasteiger partial charge in [-0.2, -0.15) is 0 Å². The number of halogens is 1. The number of carbonyl (C=O) groups is 1. The molecule has 9 nitrogen and oxygen atoms in total. The molecule has 0 saturated heterocycles. The lowest BCUT2D eigenvalue weighted by atomic mass is 10.3. The summed E-state index contributed by atoms with van der Waals surface area (Å²) < 4.78 is 6.99. The fourth-order valence-electron chi connectivity index (χ4n) is 2.31. The fraction of sp³-hybridized carbons (Fsp3) is 0.588. The minimum atomic E-state index is -0.329. The molecule has 156 valence electrons. The van der Waals surface area contributed by atoms with Crippen molar-refractivity contribution in [2.45, 2.75) is 47.2 Å². The number of carbonyl (C=O) groups excluding carboxylic acids is 1. The van der Waals surface area contributed by atoms with E-state index >= 15 is 0 Å². The molecule has 0 aliphatic carbocycles. The molecule has 11 heteroatoms. The monoisotopic (exact) mass is 521 g/mol. The standard InChI is InChI=1S/C17H27N7O2S.HI/c1-7-18-17(19-9-13-23-22-12(5)24(13)6)21-11(4)15-20-10(3)14(27-15)16(25)26-8-2;/h11H,7-9H2,1-6H3,(H2,18,19,21);1H. The Morgan fingerprint density at radius 2 is 2.04 bits per heavy atom. The van der Waals surface area contributed by atoms with Crippen LogP contribution in [0.1, 0.15) is 58.8 Å². The minimum Gasteiger partial charge on any atom is -0.462 e. The van der Waals surface area contributed by atoms with Crippen molar-refractivity contribution < 1.29 is 9.53 Å². The van der Waals surface area contributed by atoms with Crippen LogP contribution in [0.4, 0.5) is 0 Å². The van der Waals surface area contributed by atoms with Crippen LogP contribution in [-0.2, 0) is 18.3 Å². The summed E-state index contributed by atoms with van der Waals surface area (Å²) in [6.45, 7) is 11.0. The molecule has 1 atom stereocenters. The largest absolute Gasteiger partial charge is 0.462 e. The number of aliphatic imine (C=N–C) groups is 1. The normalized spacial score (nSPS) is 12.3. The summed E-state index contributed by atoms with van der Waals surface area (Å²) in [6, 6.07) is -0.115. The highest BCUT2D eigenvalue weighted by molar-refractivity contribution is 14.0. The Kier molecular flexibility index (Phi) is 9.79. The number of aromatic nitrogens is 4. The average molecular weight is 521 g/mol. The number of nitrogens with zero attached hydrogens (tertiary/aromatic N) is 5. The molecule has 0 radical (unpaired) electrons. The molecule has 0 bridgehead atoms. The highest BCUT2D eigenvalue weighted by atomic mass is 127. The van der Waals surface area contributed by atoms with Gasteiger partial charge in [0.25, 0.3) is 0 Å². The molecule has 1 unspecified atom stereocenters. The number of hydrogen-bond acceptors (Lipinski definition) is 7. The van der Waals surface area contributed by atoms with Gasteiger partial charge in [-0.25, -0.2) is 14.8 Å². The SMILES string of the molecule is CCNC(=NCc1nnc(C)n1C)NC(C)c1nc(C)c(C(=O)OCC)s1.I. The maximum absolute atomic E-state index is 12.0. The van der Waals surface area contributed by atoms with Gasteiger partial charge in [-0.15, -0.1) is 45.5 Å². The van der Waals surface area contributed by atoms with Gasteiger partial charge < -0.3 is 19.9 Å². The topological polar surface area (TPSA) is 106 Å². The molecule has 0 saturated carbocycles. The first kappa shape index (κ1) is 24.3. The smallest absolute Gasteiger partial charge is 0.350 e. The van der Waals surface area contributed by atoms with Crippen molar-refractivity contribution in [2.24, 2.45) is 12.0 Å². The molecule has 0 aromatic carbocycles. The number of aryl methyl sites for hydroxylation is 2. The lowest BCUT2D eigenvalue weighted by molar-refractivity contribution is 0.0531. The van der Waals surface area contributed by atoms with Crippen LogP contribution in [0.3, 0.4) is 0 Å². The molecular formula is C17H28IN7O2S. The van der Waals surface area contributed by atoms with Gasteiger partial charge in [-0.3, -0.25) is 0 Å². The van der Waals surface area contributed by atoms with Gasteiger partial charge in [0.05, 0.1) is 18.3 Å². The molecule has 0 spiro atoms. The number of nitrogens with one attached hydrogen (secondary N) is 2.